The molecule has 0 N–H and O–H groups in total. The fourth-order valence-electron chi connectivity index (χ4n) is 3.58. The average molecular weight is 371 g/mol. The van der Waals surface area contributed by atoms with Crippen LogP contribution in [0, 0.1) is 0 Å². The van der Waals surface area contributed by atoms with Crippen molar-refractivity contribution in [3.8, 4) is 5.75 Å². The molecule has 27 heavy (non-hydrogen) atoms. The molecule has 0 radical (unpaired) electrons. The molecule has 0 unspecified atom stereocenters. The molecule has 0 aliphatic carbocycles. The van der Waals surface area contributed by atoms with Gasteiger partial charge in [0, 0.05) is 44.4 Å². The summed E-state index contributed by atoms with van der Waals surface area (Å²) in [6, 6.07) is 9.44. The second-order valence-electron chi connectivity index (χ2n) is 7.02. The summed E-state index contributed by atoms with van der Waals surface area (Å²) in [6.45, 7) is 5.24. The van der Waals surface area contributed by atoms with Gasteiger partial charge >= 0.3 is 0 Å². The van der Waals surface area contributed by atoms with Crippen molar-refractivity contribution in [2.45, 2.75) is 25.5 Å². The molecule has 0 bridgehead atoms. The molecule has 7 nitrogen and oxygen atoms in total. The summed E-state index contributed by atoms with van der Waals surface area (Å²) in [5, 5.41) is 3.97. The number of likely N-dealkylation sites (tertiary alicyclic amines) is 1. The van der Waals surface area contributed by atoms with Gasteiger partial charge in [0.05, 0.1) is 18.9 Å². The Balaban J connectivity index is 1.30. The maximum absolute atomic E-state index is 12.6. The Bertz CT molecular complexity index is 735. The number of carbonyl (C=O) groups is 1. The van der Waals surface area contributed by atoms with E-state index in [1.165, 1.54) is 0 Å². The molecule has 4 rings (SSSR count). The summed E-state index contributed by atoms with van der Waals surface area (Å²) in [5.41, 5.74) is 1.64. The molecule has 1 amide bonds. The number of amides is 1. The van der Waals surface area contributed by atoms with Gasteiger partial charge in [0.1, 0.15) is 18.1 Å². The summed E-state index contributed by atoms with van der Waals surface area (Å²) in [5.74, 6) is 0.815. The Morgan fingerprint density at radius 3 is 2.70 bits per heavy atom. The zero-order chi connectivity index (χ0) is 18.5. The molecule has 3 heterocycles. The number of nitrogens with zero attached hydrogens (tertiary/aromatic N) is 3. The van der Waals surface area contributed by atoms with Crippen molar-refractivity contribution in [1.29, 1.82) is 0 Å². The van der Waals surface area contributed by atoms with Gasteiger partial charge in [-0.2, -0.15) is 0 Å². The van der Waals surface area contributed by atoms with Gasteiger partial charge in [-0.1, -0.05) is 11.2 Å². The van der Waals surface area contributed by atoms with Gasteiger partial charge in [0.25, 0.3) is 5.91 Å². The molecule has 0 atom stereocenters. The fourth-order valence-corrected chi connectivity index (χ4v) is 3.58. The van der Waals surface area contributed by atoms with Gasteiger partial charge in [0.15, 0.2) is 0 Å². The van der Waals surface area contributed by atoms with E-state index in [1.807, 2.05) is 35.2 Å². The Labute approximate surface area is 158 Å². The predicted octanol–water partition coefficient (Wildman–Crippen LogP) is 2.19. The van der Waals surface area contributed by atoms with E-state index in [2.05, 4.69) is 10.1 Å². The zero-order valence-electron chi connectivity index (χ0n) is 15.4. The van der Waals surface area contributed by atoms with Crippen LogP contribution in [-0.4, -0.2) is 66.4 Å². The molecule has 2 aliphatic heterocycles. The van der Waals surface area contributed by atoms with Crippen LogP contribution in [0.4, 0.5) is 0 Å². The number of aromatic nitrogens is 1. The van der Waals surface area contributed by atoms with Crippen LogP contribution < -0.4 is 4.74 Å². The Morgan fingerprint density at radius 2 is 1.96 bits per heavy atom. The molecule has 2 aromatic rings. The number of ether oxygens (including phenoxy) is 2. The quantitative estimate of drug-likeness (QED) is 0.803. The molecule has 7 heteroatoms. The monoisotopic (exact) mass is 371 g/mol. The van der Waals surface area contributed by atoms with Crippen molar-refractivity contribution in [3.05, 3.63) is 47.9 Å². The van der Waals surface area contributed by atoms with Gasteiger partial charge in [-0.15, -0.1) is 0 Å². The van der Waals surface area contributed by atoms with E-state index in [0.29, 0.717) is 31.9 Å². The minimum absolute atomic E-state index is 0.0474. The van der Waals surface area contributed by atoms with Crippen molar-refractivity contribution in [1.82, 2.24) is 15.0 Å². The first-order chi connectivity index (χ1) is 13.3. The average Bonchev–Trinajstić information content (AvgIpc) is 3.23. The number of hydrogen-bond acceptors (Lipinski definition) is 6. The van der Waals surface area contributed by atoms with Gasteiger partial charge in [-0.25, -0.2) is 0 Å². The highest BCUT2D eigenvalue weighted by Crippen LogP contribution is 2.22. The van der Waals surface area contributed by atoms with E-state index in [9.17, 15) is 4.79 Å². The summed E-state index contributed by atoms with van der Waals surface area (Å²) < 4.78 is 16.4. The van der Waals surface area contributed by atoms with Crippen LogP contribution in [0.1, 0.15) is 28.9 Å². The van der Waals surface area contributed by atoms with Crippen LogP contribution in [0.2, 0.25) is 0 Å². The third-order valence-corrected chi connectivity index (χ3v) is 5.09. The number of benzene rings is 1. The normalized spacial score (nSPS) is 19.2. The largest absolute Gasteiger partial charge is 0.490 e. The second-order valence-corrected chi connectivity index (χ2v) is 7.02. The number of hydrogen-bond donors (Lipinski definition) is 0. The molecule has 2 fully saturated rings. The SMILES string of the molecule is O=C(c1cccc(OC2CCN(Cc3ccon3)CC2)c1)N1CCOCC1. The summed E-state index contributed by atoms with van der Waals surface area (Å²) in [6.07, 6.45) is 3.70. The molecule has 2 saturated heterocycles. The van der Waals surface area contributed by atoms with Crippen molar-refractivity contribution in [3.63, 3.8) is 0 Å². The molecular weight excluding hydrogens is 346 g/mol. The lowest BCUT2D eigenvalue weighted by Gasteiger charge is -2.31. The first-order valence-electron chi connectivity index (χ1n) is 9.53. The standard InChI is InChI=1S/C20H25N3O4/c24-20(23-9-12-25-13-10-23)16-2-1-3-19(14-16)27-18-4-7-22(8-5-18)15-17-6-11-26-21-17/h1-3,6,11,14,18H,4-5,7-10,12-13,15H2. The lowest BCUT2D eigenvalue weighted by atomic mass is 10.1. The molecule has 0 saturated carbocycles. The first-order valence-corrected chi connectivity index (χ1v) is 9.53. The van der Waals surface area contributed by atoms with E-state index >= 15 is 0 Å². The third-order valence-electron chi connectivity index (χ3n) is 5.09. The number of rotatable bonds is 5. The van der Waals surface area contributed by atoms with Gasteiger partial charge in [-0.05, 0) is 31.0 Å². The molecule has 144 valence electrons. The first kappa shape index (κ1) is 18.0. The van der Waals surface area contributed by atoms with Crippen LogP contribution in [0.15, 0.2) is 41.1 Å². The maximum Gasteiger partial charge on any atom is 0.254 e. The molecule has 0 spiro atoms. The van der Waals surface area contributed by atoms with Crippen molar-refractivity contribution in [2.75, 3.05) is 39.4 Å². The van der Waals surface area contributed by atoms with Crippen molar-refractivity contribution >= 4 is 5.91 Å². The fraction of sp³-hybridized carbons (Fsp3) is 0.500. The topological polar surface area (TPSA) is 68.0 Å². The molecule has 1 aromatic heterocycles. The van der Waals surface area contributed by atoms with Crippen LogP contribution in [0.25, 0.3) is 0 Å². The summed E-state index contributed by atoms with van der Waals surface area (Å²) in [4.78, 5) is 16.8. The summed E-state index contributed by atoms with van der Waals surface area (Å²) >= 11 is 0. The van der Waals surface area contributed by atoms with Crippen LogP contribution in [0.3, 0.4) is 0 Å². The van der Waals surface area contributed by atoms with E-state index < -0.39 is 0 Å². The number of piperidine rings is 1. The minimum atomic E-state index is 0.0474. The molecule has 1 aromatic carbocycles. The second kappa shape index (κ2) is 8.54. The Kier molecular flexibility index (Phi) is 5.69. The van der Waals surface area contributed by atoms with Crippen molar-refractivity contribution in [2.24, 2.45) is 0 Å². The minimum Gasteiger partial charge on any atom is -0.490 e. The van der Waals surface area contributed by atoms with E-state index in [-0.39, 0.29) is 12.0 Å². The van der Waals surface area contributed by atoms with Crippen molar-refractivity contribution < 1.29 is 18.8 Å². The zero-order valence-corrected chi connectivity index (χ0v) is 15.4. The lowest BCUT2D eigenvalue weighted by Crippen LogP contribution is -2.40. The number of carbonyl (C=O) groups excluding carboxylic acids is 1. The van der Waals surface area contributed by atoms with Crippen LogP contribution in [0.5, 0.6) is 5.75 Å². The summed E-state index contributed by atoms with van der Waals surface area (Å²) in [7, 11) is 0. The van der Waals surface area contributed by atoms with E-state index in [0.717, 1.165) is 43.9 Å². The van der Waals surface area contributed by atoms with Crippen LogP contribution >= 0.6 is 0 Å². The molecule has 2 aliphatic rings. The predicted molar refractivity (Wildman–Crippen MR) is 98.6 cm³/mol. The third kappa shape index (κ3) is 4.67. The maximum atomic E-state index is 12.6. The van der Waals surface area contributed by atoms with Gasteiger partial charge < -0.3 is 18.9 Å². The Hall–Kier alpha value is -2.38. The lowest BCUT2D eigenvalue weighted by molar-refractivity contribution is 0.0302. The highest BCUT2D eigenvalue weighted by atomic mass is 16.5. The smallest absolute Gasteiger partial charge is 0.254 e. The number of morpholine rings is 1. The Morgan fingerprint density at radius 1 is 1.15 bits per heavy atom. The van der Waals surface area contributed by atoms with Crippen LogP contribution in [-0.2, 0) is 11.3 Å². The highest BCUT2D eigenvalue weighted by Gasteiger charge is 2.22. The van der Waals surface area contributed by atoms with E-state index in [4.69, 9.17) is 14.0 Å². The van der Waals surface area contributed by atoms with Gasteiger partial charge in [-0.3, -0.25) is 9.69 Å². The highest BCUT2D eigenvalue weighted by molar-refractivity contribution is 5.94. The van der Waals surface area contributed by atoms with E-state index in [1.54, 1.807) is 6.26 Å². The molecular formula is C20H25N3O4. The van der Waals surface area contributed by atoms with Gasteiger partial charge in [0.2, 0.25) is 0 Å².